The van der Waals surface area contributed by atoms with E-state index < -0.39 is 5.63 Å². The summed E-state index contributed by atoms with van der Waals surface area (Å²) in [5.41, 5.74) is 0.663. The molecule has 2 heterocycles. The summed E-state index contributed by atoms with van der Waals surface area (Å²) >= 11 is 0. The van der Waals surface area contributed by atoms with Gasteiger partial charge >= 0.3 is 5.63 Å². The highest BCUT2D eigenvalue weighted by atomic mass is 16.5. The van der Waals surface area contributed by atoms with Gasteiger partial charge in [0.25, 0.3) is 5.91 Å². The number of amides is 1. The smallest absolute Gasteiger partial charge is 0.349 e. The van der Waals surface area contributed by atoms with Gasteiger partial charge < -0.3 is 14.5 Å². The lowest BCUT2D eigenvalue weighted by Crippen LogP contribution is -2.39. The van der Waals surface area contributed by atoms with Crippen LogP contribution in [0.3, 0.4) is 0 Å². The molecule has 1 aromatic heterocycles. The van der Waals surface area contributed by atoms with Crippen LogP contribution in [0, 0.1) is 18.3 Å². The second kappa shape index (κ2) is 6.64. The van der Waals surface area contributed by atoms with E-state index in [0.29, 0.717) is 24.3 Å². The molecule has 1 saturated heterocycles. The van der Waals surface area contributed by atoms with E-state index in [0.717, 1.165) is 11.8 Å². The second-order valence-electron chi connectivity index (χ2n) is 7.80. The minimum Gasteiger partial charge on any atom is -0.422 e. The fourth-order valence-corrected chi connectivity index (χ4v) is 3.68. The fraction of sp³-hybridized carbons (Fsp3) is 0.500. The van der Waals surface area contributed by atoms with Crippen LogP contribution in [0.25, 0.3) is 11.0 Å². The van der Waals surface area contributed by atoms with Crippen molar-refractivity contribution in [3.05, 3.63) is 45.8 Å². The summed E-state index contributed by atoms with van der Waals surface area (Å²) in [6.45, 7) is 9.40. The SMILES string of the molecule is Cc1c(C(=O)NCC2CCOC2C(C)(C)C)c(=O)oc2ccccc12. The average molecular weight is 343 g/mol. The molecule has 0 aliphatic carbocycles. The predicted molar refractivity (Wildman–Crippen MR) is 96.9 cm³/mol. The molecule has 3 rings (SSSR count). The monoisotopic (exact) mass is 343 g/mol. The number of nitrogens with one attached hydrogen (secondary N) is 1. The van der Waals surface area contributed by atoms with Crippen LogP contribution in [-0.4, -0.2) is 25.2 Å². The molecular formula is C20H25NO4. The molecular weight excluding hydrogens is 318 g/mol. The predicted octanol–water partition coefficient (Wildman–Crippen LogP) is 3.28. The normalized spacial score (nSPS) is 20.8. The van der Waals surface area contributed by atoms with Crippen molar-refractivity contribution in [1.82, 2.24) is 5.32 Å². The Labute approximate surface area is 147 Å². The molecule has 1 fully saturated rings. The van der Waals surface area contributed by atoms with Gasteiger partial charge in [0.2, 0.25) is 0 Å². The van der Waals surface area contributed by atoms with Crippen LogP contribution in [0.1, 0.15) is 43.1 Å². The van der Waals surface area contributed by atoms with Crippen LogP contribution in [0.5, 0.6) is 0 Å². The molecule has 0 spiro atoms. The lowest BCUT2D eigenvalue weighted by molar-refractivity contribution is 0.00736. The molecule has 1 aliphatic heterocycles. The van der Waals surface area contributed by atoms with Crippen LogP contribution < -0.4 is 10.9 Å². The van der Waals surface area contributed by atoms with Gasteiger partial charge in [-0.1, -0.05) is 39.0 Å². The van der Waals surface area contributed by atoms with Gasteiger partial charge in [-0.25, -0.2) is 4.79 Å². The minimum absolute atomic E-state index is 0.0176. The first kappa shape index (κ1) is 17.7. The Morgan fingerprint density at radius 3 is 2.72 bits per heavy atom. The molecule has 5 heteroatoms. The van der Waals surface area contributed by atoms with Crippen LogP contribution in [0.2, 0.25) is 0 Å². The van der Waals surface area contributed by atoms with Crippen molar-refractivity contribution in [3.63, 3.8) is 0 Å². The highest BCUT2D eigenvalue weighted by Crippen LogP contribution is 2.34. The second-order valence-corrected chi connectivity index (χ2v) is 7.80. The van der Waals surface area contributed by atoms with Crippen LogP contribution in [-0.2, 0) is 4.74 Å². The number of hydrogen-bond donors (Lipinski definition) is 1. The maximum atomic E-state index is 12.6. The number of rotatable bonds is 3. The number of carbonyl (C=O) groups excluding carboxylic acids is 1. The summed E-state index contributed by atoms with van der Waals surface area (Å²) in [6, 6.07) is 7.25. The number of hydrogen-bond acceptors (Lipinski definition) is 4. The van der Waals surface area contributed by atoms with Gasteiger partial charge in [-0.05, 0) is 30.4 Å². The fourth-order valence-electron chi connectivity index (χ4n) is 3.68. The van der Waals surface area contributed by atoms with Crippen molar-refractivity contribution >= 4 is 16.9 Å². The zero-order valence-corrected chi connectivity index (χ0v) is 15.2. The highest BCUT2D eigenvalue weighted by Gasteiger charge is 2.37. The van der Waals surface area contributed by atoms with E-state index in [4.69, 9.17) is 9.15 Å². The molecule has 1 amide bonds. The van der Waals surface area contributed by atoms with Crippen molar-refractivity contribution in [2.45, 2.75) is 40.2 Å². The molecule has 0 bridgehead atoms. The molecule has 2 aromatic rings. The third kappa shape index (κ3) is 3.47. The van der Waals surface area contributed by atoms with E-state index >= 15 is 0 Å². The van der Waals surface area contributed by atoms with E-state index in [9.17, 15) is 9.59 Å². The Balaban J connectivity index is 1.80. The Hall–Kier alpha value is -2.14. The third-order valence-electron chi connectivity index (χ3n) is 4.89. The Bertz CT molecular complexity index is 847. The Morgan fingerprint density at radius 2 is 2.00 bits per heavy atom. The maximum Gasteiger partial charge on any atom is 0.349 e. The first-order valence-electron chi connectivity index (χ1n) is 8.71. The largest absolute Gasteiger partial charge is 0.422 e. The lowest BCUT2D eigenvalue weighted by Gasteiger charge is -2.31. The number of para-hydroxylation sites is 1. The maximum absolute atomic E-state index is 12.6. The summed E-state index contributed by atoms with van der Waals surface area (Å²) in [5.74, 6) is -0.131. The van der Waals surface area contributed by atoms with Crippen molar-refractivity contribution in [2.24, 2.45) is 11.3 Å². The first-order valence-corrected chi connectivity index (χ1v) is 8.71. The van der Waals surface area contributed by atoms with Gasteiger partial charge in [0, 0.05) is 24.5 Å². The third-order valence-corrected chi connectivity index (χ3v) is 4.89. The van der Waals surface area contributed by atoms with Crippen molar-refractivity contribution < 1.29 is 13.9 Å². The Kier molecular flexibility index (Phi) is 4.69. The summed E-state index contributed by atoms with van der Waals surface area (Å²) in [4.78, 5) is 24.9. The van der Waals surface area contributed by atoms with Crippen molar-refractivity contribution in [3.8, 4) is 0 Å². The average Bonchev–Trinajstić information content (AvgIpc) is 3.02. The summed E-state index contributed by atoms with van der Waals surface area (Å²) in [7, 11) is 0. The van der Waals surface area contributed by atoms with Crippen molar-refractivity contribution in [1.29, 1.82) is 0 Å². The Morgan fingerprint density at radius 1 is 1.28 bits per heavy atom. The number of carbonyl (C=O) groups is 1. The number of aryl methyl sites for hydroxylation is 1. The zero-order valence-electron chi connectivity index (χ0n) is 15.2. The molecule has 25 heavy (non-hydrogen) atoms. The topological polar surface area (TPSA) is 68.5 Å². The number of fused-ring (bicyclic) bond motifs is 1. The van der Waals surface area contributed by atoms with E-state index in [-0.39, 0.29) is 28.9 Å². The van der Waals surface area contributed by atoms with Gasteiger partial charge in [0.05, 0.1) is 6.10 Å². The summed E-state index contributed by atoms with van der Waals surface area (Å²) in [5, 5.41) is 3.69. The van der Waals surface area contributed by atoms with Gasteiger partial charge in [-0.2, -0.15) is 0 Å². The van der Waals surface area contributed by atoms with E-state index in [1.807, 2.05) is 12.1 Å². The molecule has 5 nitrogen and oxygen atoms in total. The summed E-state index contributed by atoms with van der Waals surface area (Å²) < 4.78 is 11.1. The summed E-state index contributed by atoms with van der Waals surface area (Å²) in [6.07, 6.45) is 1.01. The number of ether oxygens (including phenoxy) is 1. The molecule has 1 aliphatic rings. The molecule has 0 radical (unpaired) electrons. The zero-order chi connectivity index (χ0) is 18.2. The van der Waals surface area contributed by atoms with Crippen LogP contribution in [0.4, 0.5) is 0 Å². The lowest BCUT2D eigenvalue weighted by atomic mass is 9.81. The quantitative estimate of drug-likeness (QED) is 0.869. The van der Waals surface area contributed by atoms with E-state index in [2.05, 4.69) is 26.1 Å². The minimum atomic E-state index is -0.594. The van der Waals surface area contributed by atoms with E-state index in [1.165, 1.54) is 0 Å². The standard InChI is InChI=1S/C20H25NO4/c1-12-14-7-5-6-8-15(14)25-19(23)16(12)18(22)21-11-13-9-10-24-17(13)20(2,3)4/h5-8,13,17H,9-11H2,1-4H3,(H,21,22). The molecule has 134 valence electrons. The van der Waals surface area contributed by atoms with Gasteiger partial charge in [0.1, 0.15) is 11.1 Å². The van der Waals surface area contributed by atoms with Crippen LogP contribution in [0.15, 0.2) is 33.5 Å². The first-order chi connectivity index (χ1) is 11.8. The van der Waals surface area contributed by atoms with Gasteiger partial charge in [-0.15, -0.1) is 0 Å². The molecule has 1 aromatic carbocycles. The van der Waals surface area contributed by atoms with Gasteiger partial charge in [0.15, 0.2) is 0 Å². The molecule has 0 saturated carbocycles. The molecule has 2 atom stereocenters. The molecule has 1 N–H and O–H groups in total. The van der Waals surface area contributed by atoms with Crippen molar-refractivity contribution in [2.75, 3.05) is 13.2 Å². The highest BCUT2D eigenvalue weighted by molar-refractivity contribution is 5.99. The van der Waals surface area contributed by atoms with Crippen LogP contribution >= 0.6 is 0 Å². The molecule has 2 unspecified atom stereocenters. The van der Waals surface area contributed by atoms with Gasteiger partial charge in [-0.3, -0.25) is 4.79 Å². The number of benzene rings is 1. The van der Waals surface area contributed by atoms with E-state index in [1.54, 1.807) is 19.1 Å².